The van der Waals surface area contributed by atoms with E-state index in [9.17, 15) is 5.11 Å². The quantitative estimate of drug-likeness (QED) is 0.503. The molecule has 2 unspecified atom stereocenters. The van der Waals surface area contributed by atoms with Crippen LogP contribution in [-0.4, -0.2) is 37.8 Å². The maximum absolute atomic E-state index is 10.4. The normalized spacial score (nSPS) is 13.8. The standard InChI is InChI=1S/C21H29N3O2/c1-4-22-21(23-14-16(2)17-9-6-5-7-10-17)24-15-20(25)18-11-8-12-19(13-18)26-3/h5-13,16,20,25H,4,14-15H2,1-3H3,(H2,22,23,24). The lowest BCUT2D eigenvalue weighted by molar-refractivity contribution is 0.180. The molecule has 0 fully saturated rings. The first-order chi connectivity index (χ1) is 12.6. The third-order valence-corrected chi connectivity index (χ3v) is 4.18. The van der Waals surface area contributed by atoms with E-state index in [0.717, 1.165) is 17.9 Å². The Labute approximate surface area is 156 Å². The van der Waals surface area contributed by atoms with Gasteiger partial charge in [-0.05, 0) is 30.2 Å². The highest BCUT2D eigenvalue weighted by atomic mass is 16.5. The van der Waals surface area contributed by atoms with Crippen LogP contribution < -0.4 is 15.4 Å². The second kappa shape index (κ2) is 10.5. The van der Waals surface area contributed by atoms with Gasteiger partial charge in [-0.2, -0.15) is 0 Å². The lowest BCUT2D eigenvalue weighted by Crippen LogP contribution is -2.39. The molecule has 26 heavy (non-hydrogen) atoms. The molecule has 3 N–H and O–H groups in total. The van der Waals surface area contributed by atoms with Gasteiger partial charge in [-0.25, -0.2) is 0 Å². The molecule has 2 atom stereocenters. The first kappa shape index (κ1) is 19.8. The van der Waals surface area contributed by atoms with E-state index in [4.69, 9.17) is 4.74 Å². The van der Waals surface area contributed by atoms with Gasteiger partial charge in [0.1, 0.15) is 5.75 Å². The van der Waals surface area contributed by atoms with Crippen LogP contribution in [-0.2, 0) is 0 Å². The molecule has 2 aromatic rings. The molecule has 2 rings (SSSR count). The fraction of sp³-hybridized carbons (Fsp3) is 0.381. The van der Waals surface area contributed by atoms with Gasteiger partial charge in [0.25, 0.3) is 0 Å². The van der Waals surface area contributed by atoms with E-state index in [1.807, 2.05) is 49.4 Å². The summed E-state index contributed by atoms with van der Waals surface area (Å²) in [6.07, 6.45) is -0.638. The number of methoxy groups -OCH3 is 1. The largest absolute Gasteiger partial charge is 0.497 e. The zero-order valence-electron chi connectivity index (χ0n) is 15.8. The van der Waals surface area contributed by atoms with Crippen LogP contribution in [0.3, 0.4) is 0 Å². The van der Waals surface area contributed by atoms with E-state index in [2.05, 4.69) is 34.7 Å². The number of nitrogens with one attached hydrogen (secondary N) is 2. The third-order valence-electron chi connectivity index (χ3n) is 4.18. The number of guanidine groups is 1. The Balaban J connectivity index is 1.94. The molecule has 0 aromatic heterocycles. The smallest absolute Gasteiger partial charge is 0.191 e. The van der Waals surface area contributed by atoms with Gasteiger partial charge in [-0.15, -0.1) is 0 Å². The molecule has 0 bridgehead atoms. The summed E-state index contributed by atoms with van der Waals surface area (Å²) in [5, 5.41) is 16.8. The zero-order valence-corrected chi connectivity index (χ0v) is 15.8. The van der Waals surface area contributed by atoms with Gasteiger partial charge in [0.05, 0.1) is 13.2 Å². The molecule has 0 aliphatic heterocycles. The van der Waals surface area contributed by atoms with E-state index in [-0.39, 0.29) is 0 Å². The van der Waals surface area contributed by atoms with Gasteiger partial charge < -0.3 is 20.5 Å². The maximum atomic E-state index is 10.4. The number of aliphatic imine (C=N–C) groups is 1. The Morgan fingerprint density at radius 2 is 1.81 bits per heavy atom. The van der Waals surface area contributed by atoms with E-state index < -0.39 is 6.10 Å². The van der Waals surface area contributed by atoms with E-state index in [1.54, 1.807) is 7.11 Å². The number of aliphatic hydroxyl groups is 1. The van der Waals surface area contributed by atoms with Crippen molar-refractivity contribution < 1.29 is 9.84 Å². The Morgan fingerprint density at radius 3 is 2.50 bits per heavy atom. The molecular formula is C21H29N3O2. The minimum atomic E-state index is -0.638. The molecule has 0 spiro atoms. The van der Waals surface area contributed by atoms with Gasteiger partial charge >= 0.3 is 0 Å². The average Bonchev–Trinajstić information content (AvgIpc) is 2.70. The minimum absolute atomic E-state index is 0.329. The number of ether oxygens (including phenoxy) is 1. The molecule has 0 aliphatic carbocycles. The van der Waals surface area contributed by atoms with Gasteiger partial charge in [-0.1, -0.05) is 49.4 Å². The van der Waals surface area contributed by atoms with Crippen molar-refractivity contribution in [3.63, 3.8) is 0 Å². The number of benzene rings is 2. The Morgan fingerprint density at radius 1 is 1.08 bits per heavy atom. The third kappa shape index (κ3) is 6.08. The topological polar surface area (TPSA) is 65.9 Å². The van der Waals surface area contributed by atoms with Crippen molar-refractivity contribution in [2.75, 3.05) is 26.7 Å². The zero-order chi connectivity index (χ0) is 18.8. The summed E-state index contributed by atoms with van der Waals surface area (Å²) in [5.74, 6) is 1.77. The van der Waals surface area contributed by atoms with Crippen molar-refractivity contribution in [3.05, 3.63) is 65.7 Å². The van der Waals surface area contributed by atoms with Crippen molar-refractivity contribution in [2.24, 2.45) is 4.99 Å². The highest BCUT2D eigenvalue weighted by Gasteiger charge is 2.10. The molecule has 0 amide bonds. The predicted molar refractivity (Wildman–Crippen MR) is 107 cm³/mol. The molecule has 0 heterocycles. The van der Waals surface area contributed by atoms with Crippen molar-refractivity contribution in [1.82, 2.24) is 10.6 Å². The van der Waals surface area contributed by atoms with Crippen molar-refractivity contribution in [3.8, 4) is 5.75 Å². The van der Waals surface area contributed by atoms with Crippen LogP contribution in [0, 0.1) is 0 Å². The molecule has 140 valence electrons. The predicted octanol–water partition coefficient (Wildman–Crippen LogP) is 3.09. The summed E-state index contributed by atoms with van der Waals surface area (Å²) >= 11 is 0. The summed E-state index contributed by atoms with van der Waals surface area (Å²) in [4.78, 5) is 4.65. The number of rotatable bonds is 8. The molecule has 0 saturated heterocycles. The summed E-state index contributed by atoms with van der Waals surface area (Å²) in [5.41, 5.74) is 2.08. The van der Waals surface area contributed by atoms with E-state index in [1.165, 1.54) is 5.56 Å². The number of nitrogens with zero attached hydrogens (tertiary/aromatic N) is 1. The second-order valence-corrected chi connectivity index (χ2v) is 6.20. The van der Waals surface area contributed by atoms with Gasteiger partial charge in [0, 0.05) is 25.6 Å². The SMILES string of the molecule is CCNC(=NCC(C)c1ccccc1)NCC(O)c1cccc(OC)c1. The Kier molecular flexibility index (Phi) is 7.96. The first-order valence-electron chi connectivity index (χ1n) is 9.03. The minimum Gasteiger partial charge on any atom is -0.497 e. The monoisotopic (exact) mass is 355 g/mol. The lowest BCUT2D eigenvalue weighted by Gasteiger charge is -2.17. The van der Waals surface area contributed by atoms with E-state index >= 15 is 0 Å². The summed E-state index contributed by atoms with van der Waals surface area (Å²) in [6, 6.07) is 17.8. The summed E-state index contributed by atoms with van der Waals surface area (Å²) in [7, 11) is 1.62. The van der Waals surface area contributed by atoms with Crippen LogP contribution in [0.15, 0.2) is 59.6 Å². The lowest BCUT2D eigenvalue weighted by atomic mass is 10.0. The van der Waals surface area contributed by atoms with Crippen LogP contribution in [0.1, 0.15) is 37.0 Å². The molecule has 0 radical (unpaired) electrons. The molecule has 5 nitrogen and oxygen atoms in total. The van der Waals surface area contributed by atoms with Crippen LogP contribution in [0.4, 0.5) is 0 Å². The van der Waals surface area contributed by atoms with Crippen LogP contribution in [0.2, 0.25) is 0 Å². The van der Waals surface area contributed by atoms with Crippen LogP contribution in [0.5, 0.6) is 5.75 Å². The molecule has 2 aromatic carbocycles. The molecule has 5 heteroatoms. The van der Waals surface area contributed by atoms with Crippen LogP contribution in [0.25, 0.3) is 0 Å². The summed E-state index contributed by atoms with van der Waals surface area (Å²) in [6.45, 7) is 6.00. The van der Waals surface area contributed by atoms with Gasteiger partial charge in [-0.3, -0.25) is 4.99 Å². The summed E-state index contributed by atoms with van der Waals surface area (Å²) < 4.78 is 5.21. The highest BCUT2D eigenvalue weighted by Crippen LogP contribution is 2.18. The number of aliphatic hydroxyl groups excluding tert-OH is 1. The maximum Gasteiger partial charge on any atom is 0.191 e. The fourth-order valence-electron chi connectivity index (χ4n) is 2.62. The van der Waals surface area contributed by atoms with Gasteiger partial charge in [0.2, 0.25) is 0 Å². The number of hydrogen-bond acceptors (Lipinski definition) is 3. The highest BCUT2D eigenvalue weighted by molar-refractivity contribution is 5.79. The van der Waals surface area contributed by atoms with Gasteiger partial charge in [0.15, 0.2) is 5.96 Å². The second-order valence-electron chi connectivity index (χ2n) is 6.20. The Bertz CT molecular complexity index is 689. The van der Waals surface area contributed by atoms with Crippen molar-refractivity contribution >= 4 is 5.96 Å². The first-order valence-corrected chi connectivity index (χ1v) is 9.03. The Hall–Kier alpha value is -2.53. The molecule has 0 saturated carbocycles. The van der Waals surface area contributed by atoms with Crippen molar-refractivity contribution in [2.45, 2.75) is 25.9 Å². The van der Waals surface area contributed by atoms with Crippen molar-refractivity contribution in [1.29, 1.82) is 0 Å². The van der Waals surface area contributed by atoms with E-state index in [0.29, 0.717) is 25.0 Å². The molecule has 0 aliphatic rings. The molecular weight excluding hydrogens is 326 g/mol. The average molecular weight is 355 g/mol. The van der Waals surface area contributed by atoms with Crippen LogP contribution >= 0.6 is 0 Å². The number of hydrogen-bond donors (Lipinski definition) is 3. The fourth-order valence-corrected chi connectivity index (χ4v) is 2.62.